The zero-order valence-corrected chi connectivity index (χ0v) is 12.8. The summed E-state index contributed by atoms with van der Waals surface area (Å²) in [7, 11) is -3.97. The second kappa shape index (κ2) is 6.23. The normalized spacial score (nSPS) is 11.1. The first-order valence-electron chi connectivity index (χ1n) is 5.05. The van der Waals surface area contributed by atoms with Gasteiger partial charge >= 0.3 is 16.3 Å². The van der Waals surface area contributed by atoms with E-state index in [1.807, 2.05) is 0 Å². The first-order chi connectivity index (χ1) is 8.28. The fraction of sp³-hybridized carbons (Fsp3) is 0.300. The van der Waals surface area contributed by atoms with E-state index in [-0.39, 0.29) is 0 Å². The van der Waals surface area contributed by atoms with Gasteiger partial charge < -0.3 is 4.74 Å². The Morgan fingerprint density at radius 3 is 2.33 bits per heavy atom. The van der Waals surface area contributed by atoms with E-state index in [1.165, 1.54) is 0 Å². The van der Waals surface area contributed by atoms with Crippen LogP contribution in [-0.4, -0.2) is 20.6 Å². The number of anilines is 1. The van der Waals surface area contributed by atoms with E-state index in [0.717, 1.165) is 3.57 Å². The zero-order valence-electron chi connectivity index (χ0n) is 9.81. The third-order valence-electron chi connectivity index (χ3n) is 1.66. The number of nitrogens with one attached hydrogen (secondary N) is 2. The van der Waals surface area contributed by atoms with Gasteiger partial charge in [0.05, 0.1) is 11.8 Å². The van der Waals surface area contributed by atoms with Gasteiger partial charge in [-0.15, -0.1) is 0 Å². The van der Waals surface area contributed by atoms with Crippen molar-refractivity contribution >= 4 is 44.6 Å². The molecule has 0 atom stereocenters. The smallest absolute Gasteiger partial charge is 0.422 e. The molecule has 8 heteroatoms. The number of ether oxygens (including phenoxy) is 1. The number of halogens is 1. The van der Waals surface area contributed by atoms with Crippen LogP contribution < -0.4 is 9.44 Å². The highest BCUT2D eigenvalue weighted by atomic mass is 127. The molecule has 6 nitrogen and oxygen atoms in total. The van der Waals surface area contributed by atoms with E-state index >= 15 is 0 Å². The van der Waals surface area contributed by atoms with Crippen molar-refractivity contribution in [2.24, 2.45) is 0 Å². The van der Waals surface area contributed by atoms with Crippen LogP contribution in [0.1, 0.15) is 13.8 Å². The summed E-state index contributed by atoms with van der Waals surface area (Å²) in [6.07, 6.45) is -1.40. The van der Waals surface area contributed by atoms with Crippen molar-refractivity contribution in [3.05, 3.63) is 27.8 Å². The summed E-state index contributed by atoms with van der Waals surface area (Å²) in [5.74, 6) is 0. The van der Waals surface area contributed by atoms with Crippen LogP contribution in [-0.2, 0) is 14.9 Å². The van der Waals surface area contributed by atoms with Gasteiger partial charge in [-0.3, -0.25) is 4.72 Å². The second-order valence-corrected chi connectivity index (χ2v) is 6.33. The molecule has 0 saturated heterocycles. The van der Waals surface area contributed by atoms with Gasteiger partial charge in [-0.1, -0.05) is 0 Å². The topological polar surface area (TPSA) is 84.5 Å². The van der Waals surface area contributed by atoms with Gasteiger partial charge in [0.25, 0.3) is 0 Å². The number of carbonyl (C=O) groups excluding carboxylic acids is 1. The minimum absolute atomic E-state index is 0.361. The van der Waals surface area contributed by atoms with E-state index in [1.54, 1.807) is 42.8 Å². The third kappa shape index (κ3) is 5.54. The van der Waals surface area contributed by atoms with Crippen LogP contribution in [0.15, 0.2) is 24.3 Å². The molecule has 1 aromatic carbocycles. The predicted octanol–water partition coefficient (Wildman–Crippen LogP) is 2.08. The van der Waals surface area contributed by atoms with Crippen molar-refractivity contribution in [3.8, 4) is 0 Å². The average Bonchev–Trinajstić information content (AvgIpc) is 2.18. The molecule has 0 aliphatic heterocycles. The molecule has 0 heterocycles. The lowest BCUT2D eigenvalue weighted by Gasteiger charge is -2.11. The Bertz CT molecular complexity index is 513. The quantitative estimate of drug-likeness (QED) is 0.779. The molecule has 0 aliphatic carbocycles. The van der Waals surface area contributed by atoms with E-state index in [4.69, 9.17) is 0 Å². The van der Waals surface area contributed by atoms with Crippen molar-refractivity contribution in [1.82, 2.24) is 4.72 Å². The molecule has 1 aromatic rings. The average molecular weight is 384 g/mol. The Balaban J connectivity index is 2.65. The summed E-state index contributed by atoms with van der Waals surface area (Å²) in [5, 5.41) is 0. The maximum atomic E-state index is 11.6. The van der Waals surface area contributed by atoms with Crippen LogP contribution in [0.5, 0.6) is 0 Å². The molecule has 100 valence electrons. The molecule has 0 bridgehead atoms. The number of rotatable bonds is 4. The van der Waals surface area contributed by atoms with Crippen LogP contribution in [0.3, 0.4) is 0 Å². The first-order valence-corrected chi connectivity index (χ1v) is 7.61. The van der Waals surface area contributed by atoms with Crippen LogP contribution in [0.25, 0.3) is 0 Å². The number of amides is 1. The van der Waals surface area contributed by atoms with E-state index in [9.17, 15) is 13.2 Å². The molecule has 0 spiro atoms. The van der Waals surface area contributed by atoms with E-state index < -0.39 is 22.4 Å². The summed E-state index contributed by atoms with van der Waals surface area (Å²) in [5.41, 5.74) is 0.361. The first kappa shape index (κ1) is 15.0. The summed E-state index contributed by atoms with van der Waals surface area (Å²) >= 11 is 2.10. The van der Waals surface area contributed by atoms with Crippen molar-refractivity contribution < 1.29 is 17.9 Å². The minimum Gasteiger partial charge on any atom is -0.446 e. The number of hydrogen-bond acceptors (Lipinski definition) is 4. The van der Waals surface area contributed by atoms with Gasteiger partial charge in [0.15, 0.2) is 0 Å². The minimum atomic E-state index is -3.97. The molecule has 0 aliphatic rings. The Labute approximate surface area is 119 Å². The van der Waals surface area contributed by atoms with Crippen molar-refractivity contribution in [1.29, 1.82) is 0 Å². The number of benzene rings is 1. The van der Waals surface area contributed by atoms with Gasteiger partial charge in [0.1, 0.15) is 0 Å². The zero-order chi connectivity index (χ0) is 13.8. The lowest BCUT2D eigenvalue weighted by Crippen LogP contribution is -2.36. The van der Waals surface area contributed by atoms with Gasteiger partial charge in [-0.2, -0.15) is 8.42 Å². The van der Waals surface area contributed by atoms with Crippen molar-refractivity contribution in [2.75, 3.05) is 4.72 Å². The lowest BCUT2D eigenvalue weighted by molar-refractivity contribution is 0.121. The Kier molecular flexibility index (Phi) is 5.20. The predicted molar refractivity (Wildman–Crippen MR) is 76.5 cm³/mol. The Hall–Kier alpha value is -1.03. The molecule has 0 radical (unpaired) electrons. The molecular formula is C10H13IN2O4S. The van der Waals surface area contributed by atoms with Crippen LogP contribution in [0.4, 0.5) is 10.5 Å². The number of carbonyl (C=O) groups is 1. The Morgan fingerprint density at radius 1 is 1.28 bits per heavy atom. The molecule has 0 fully saturated rings. The maximum absolute atomic E-state index is 11.6. The molecule has 0 aromatic heterocycles. The molecule has 0 unspecified atom stereocenters. The fourth-order valence-corrected chi connectivity index (χ4v) is 2.17. The fourth-order valence-electron chi connectivity index (χ4n) is 1.05. The lowest BCUT2D eigenvalue weighted by atomic mass is 10.3. The van der Waals surface area contributed by atoms with Gasteiger partial charge in [0.2, 0.25) is 0 Å². The number of hydrogen-bond donors (Lipinski definition) is 2. The van der Waals surface area contributed by atoms with Gasteiger partial charge in [-0.25, -0.2) is 9.52 Å². The van der Waals surface area contributed by atoms with Crippen LogP contribution in [0, 0.1) is 3.57 Å². The summed E-state index contributed by atoms with van der Waals surface area (Å²) in [6, 6.07) is 6.67. The largest absolute Gasteiger partial charge is 0.446 e. The third-order valence-corrected chi connectivity index (χ3v) is 3.32. The van der Waals surface area contributed by atoms with E-state index in [2.05, 4.69) is 32.0 Å². The SMILES string of the molecule is CC(C)OC(=O)NS(=O)(=O)Nc1ccc(I)cc1. The molecule has 2 N–H and O–H groups in total. The highest BCUT2D eigenvalue weighted by Crippen LogP contribution is 2.12. The molecule has 18 heavy (non-hydrogen) atoms. The Morgan fingerprint density at radius 2 is 1.83 bits per heavy atom. The summed E-state index contributed by atoms with van der Waals surface area (Å²) in [6.45, 7) is 3.25. The highest BCUT2D eigenvalue weighted by molar-refractivity contribution is 14.1. The van der Waals surface area contributed by atoms with Crippen LogP contribution in [0.2, 0.25) is 0 Å². The second-order valence-electron chi connectivity index (χ2n) is 3.67. The maximum Gasteiger partial charge on any atom is 0.422 e. The van der Waals surface area contributed by atoms with Gasteiger partial charge in [-0.05, 0) is 60.7 Å². The highest BCUT2D eigenvalue weighted by Gasteiger charge is 2.16. The van der Waals surface area contributed by atoms with Crippen molar-refractivity contribution in [2.45, 2.75) is 20.0 Å². The monoisotopic (exact) mass is 384 g/mol. The standard InChI is InChI=1S/C10H13IN2O4S/c1-7(2)17-10(14)13-18(15,16)12-9-5-3-8(11)4-6-9/h3-7,12H,1-2H3,(H,13,14). The van der Waals surface area contributed by atoms with Crippen LogP contribution >= 0.6 is 22.6 Å². The molecule has 1 rings (SSSR count). The summed E-state index contributed by atoms with van der Waals surface area (Å²) in [4.78, 5) is 11.2. The van der Waals surface area contributed by atoms with E-state index in [0.29, 0.717) is 5.69 Å². The summed E-state index contributed by atoms with van der Waals surface area (Å²) < 4.78 is 32.7. The molecule has 1 amide bonds. The molecular weight excluding hydrogens is 371 g/mol. The van der Waals surface area contributed by atoms with Crippen molar-refractivity contribution in [3.63, 3.8) is 0 Å². The molecule has 0 saturated carbocycles. The van der Waals surface area contributed by atoms with Gasteiger partial charge in [0, 0.05) is 3.57 Å².